The summed E-state index contributed by atoms with van der Waals surface area (Å²) in [6.45, 7) is 0. The fourth-order valence-corrected chi connectivity index (χ4v) is 2.51. The van der Waals surface area contributed by atoms with Crippen molar-refractivity contribution in [2.24, 2.45) is 0 Å². The highest BCUT2D eigenvalue weighted by molar-refractivity contribution is 5.86. The van der Waals surface area contributed by atoms with Crippen molar-refractivity contribution in [3.05, 3.63) is 83.9 Å². The number of hydrogen-bond acceptors (Lipinski definition) is 2. The summed E-state index contributed by atoms with van der Waals surface area (Å²) in [4.78, 5) is 0. The van der Waals surface area contributed by atoms with Crippen molar-refractivity contribution in [2.75, 3.05) is 0 Å². The molecule has 0 fully saturated rings. The zero-order valence-electron chi connectivity index (χ0n) is 11.0. The molecule has 0 spiro atoms. The van der Waals surface area contributed by atoms with Crippen molar-refractivity contribution in [1.29, 1.82) is 0 Å². The van der Waals surface area contributed by atoms with Gasteiger partial charge < -0.3 is 10.2 Å². The first-order valence-electron chi connectivity index (χ1n) is 6.66. The monoisotopic (exact) mass is 264 g/mol. The third-order valence-electron chi connectivity index (χ3n) is 3.58. The zero-order valence-corrected chi connectivity index (χ0v) is 11.0. The number of benzene rings is 3. The molecule has 100 valence electrons. The molecule has 0 saturated heterocycles. The molecule has 0 aromatic heterocycles. The lowest BCUT2D eigenvalue weighted by Crippen LogP contribution is -2.10. The van der Waals surface area contributed by atoms with E-state index in [4.69, 9.17) is 0 Å². The quantitative estimate of drug-likeness (QED) is 0.758. The minimum atomic E-state index is -0.941. The number of rotatable bonds is 3. The molecule has 0 unspecified atom stereocenters. The van der Waals surface area contributed by atoms with E-state index in [0.29, 0.717) is 5.56 Å². The van der Waals surface area contributed by atoms with Gasteiger partial charge in [0.15, 0.2) is 0 Å². The largest absolute Gasteiger partial charge is 0.385 e. The van der Waals surface area contributed by atoms with Crippen molar-refractivity contribution in [3.8, 4) is 0 Å². The molecule has 0 radical (unpaired) electrons. The summed E-state index contributed by atoms with van der Waals surface area (Å²) < 4.78 is 0. The van der Waals surface area contributed by atoms with Gasteiger partial charge in [0, 0.05) is 0 Å². The number of aliphatic hydroxyl groups excluding tert-OH is 2. The van der Waals surface area contributed by atoms with E-state index in [9.17, 15) is 10.2 Å². The summed E-state index contributed by atoms with van der Waals surface area (Å²) >= 11 is 0. The summed E-state index contributed by atoms with van der Waals surface area (Å²) in [5, 5.41) is 22.9. The molecule has 3 aromatic rings. The highest BCUT2D eigenvalue weighted by Crippen LogP contribution is 2.32. The molecule has 0 saturated carbocycles. The minimum Gasteiger partial charge on any atom is -0.385 e. The summed E-state index contributed by atoms with van der Waals surface area (Å²) in [6, 6.07) is 22.9. The third-order valence-corrected chi connectivity index (χ3v) is 3.58. The van der Waals surface area contributed by atoms with Gasteiger partial charge in [-0.15, -0.1) is 0 Å². The fraction of sp³-hybridized carbons (Fsp3) is 0.111. The van der Waals surface area contributed by atoms with Crippen LogP contribution in [0.5, 0.6) is 0 Å². The van der Waals surface area contributed by atoms with Gasteiger partial charge in [0.25, 0.3) is 0 Å². The van der Waals surface area contributed by atoms with E-state index in [0.717, 1.165) is 16.3 Å². The minimum absolute atomic E-state index is 0.716. The van der Waals surface area contributed by atoms with Crippen LogP contribution in [0.2, 0.25) is 0 Å². The highest BCUT2D eigenvalue weighted by Gasteiger charge is 2.21. The van der Waals surface area contributed by atoms with Gasteiger partial charge in [0.05, 0.1) is 0 Å². The van der Waals surface area contributed by atoms with Crippen LogP contribution in [0.15, 0.2) is 72.8 Å². The maximum absolute atomic E-state index is 10.5. The van der Waals surface area contributed by atoms with Crippen molar-refractivity contribution in [3.63, 3.8) is 0 Å². The summed E-state index contributed by atoms with van der Waals surface area (Å²) in [6.07, 6.45) is -1.87. The van der Waals surface area contributed by atoms with E-state index in [1.165, 1.54) is 0 Å². The van der Waals surface area contributed by atoms with Crippen molar-refractivity contribution < 1.29 is 10.2 Å². The molecule has 0 heterocycles. The highest BCUT2D eigenvalue weighted by atomic mass is 16.3. The molecular weight excluding hydrogens is 248 g/mol. The molecule has 2 atom stereocenters. The second-order valence-electron chi connectivity index (χ2n) is 4.87. The first-order chi connectivity index (χ1) is 9.77. The van der Waals surface area contributed by atoms with Gasteiger partial charge in [-0.05, 0) is 21.9 Å². The van der Waals surface area contributed by atoms with Crippen LogP contribution in [0.25, 0.3) is 10.8 Å². The maximum atomic E-state index is 10.5. The first kappa shape index (κ1) is 12.9. The lowest BCUT2D eigenvalue weighted by Gasteiger charge is -2.20. The molecule has 0 aliphatic carbocycles. The lowest BCUT2D eigenvalue weighted by atomic mass is 9.94. The maximum Gasteiger partial charge on any atom is 0.110 e. The molecule has 0 aliphatic heterocycles. The van der Waals surface area contributed by atoms with E-state index >= 15 is 0 Å². The van der Waals surface area contributed by atoms with E-state index in [1.54, 1.807) is 0 Å². The molecule has 0 bridgehead atoms. The molecule has 20 heavy (non-hydrogen) atoms. The van der Waals surface area contributed by atoms with Gasteiger partial charge in [-0.1, -0.05) is 72.8 Å². The fourth-order valence-electron chi connectivity index (χ4n) is 2.51. The van der Waals surface area contributed by atoms with Gasteiger partial charge in [-0.3, -0.25) is 0 Å². The van der Waals surface area contributed by atoms with Gasteiger partial charge in [-0.25, -0.2) is 0 Å². The SMILES string of the molecule is O[C@H](c1cccc2ccccc12)[C@@H](O)c1ccccc1. The van der Waals surface area contributed by atoms with Crippen molar-refractivity contribution in [2.45, 2.75) is 12.2 Å². The molecule has 2 heteroatoms. The molecule has 2 N–H and O–H groups in total. The summed E-state index contributed by atoms with van der Waals surface area (Å²) in [5.74, 6) is 0. The van der Waals surface area contributed by atoms with Gasteiger partial charge >= 0.3 is 0 Å². The standard InChI is InChI=1S/C18H16O2/c19-17(14-8-2-1-3-9-14)18(20)16-12-6-10-13-7-4-5-11-15(13)16/h1-12,17-20H/t17-,18+/m0/s1. The Hall–Kier alpha value is -2.16. The second kappa shape index (κ2) is 5.45. The summed E-state index contributed by atoms with van der Waals surface area (Å²) in [5.41, 5.74) is 1.47. The van der Waals surface area contributed by atoms with Crippen LogP contribution in [-0.2, 0) is 0 Å². The molecule has 3 aromatic carbocycles. The van der Waals surface area contributed by atoms with Crippen molar-refractivity contribution >= 4 is 10.8 Å². The molecule has 0 amide bonds. The van der Waals surface area contributed by atoms with Crippen molar-refractivity contribution in [1.82, 2.24) is 0 Å². The predicted octanol–water partition coefficient (Wildman–Crippen LogP) is 3.61. The Morgan fingerprint density at radius 3 is 2.05 bits per heavy atom. The van der Waals surface area contributed by atoms with Gasteiger partial charge in [0.1, 0.15) is 12.2 Å². The third kappa shape index (κ3) is 2.31. The Morgan fingerprint density at radius 1 is 0.600 bits per heavy atom. The lowest BCUT2D eigenvalue weighted by molar-refractivity contribution is 0.0181. The van der Waals surface area contributed by atoms with Crippen LogP contribution in [0.3, 0.4) is 0 Å². The Morgan fingerprint density at radius 2 is 1.25 bits per heavy atom. The Balaban J connectivity index is 2.03. The second-order valence-corrected chi connectivity index (χ2v) is 4.87. The van der Waals surface area contributed by atoms with Crippen LogP contribution in [0.4, 0.5) is 0 Å². The Labute approximate surface area is 117 Å². The molecule has 3 rings (SSSR count). The van der Waals surface area contributed by atoms with E-state index in [2.05, 4.69) is 0 Å². The van der Waals surface area contributed by atoms with E-state index in [-0.39, 0.29) is 0 Å². The number of hydrogen-bond donors (Lipinski definition) is 2. The number of aliphatic hydroxyl groups is 2. The number of fused-ring (bicyclic) bond motifs is 1. The van der Waals surface area contributed by atoms with Crippen LogP contribution in [0.1, 0.15) is 23.3 Å². The smallest absolute Gasteiger partial charge is 0.110 e. The molecule has 2 nitrogen and oxygen atoms in total. The zero-order chi connectivity index (χ0) is 13.9. The average Bonchev–Trinajstić information content (AvgIpc) is 2.54. The Bertz CT molecular complexity index is 701. The Kier molecular flexibility index (Phi) is 3.50. The average molecular weight is 264 g/mol. The van der Waals surface area contributed by atoms with Crippen LogP contribution in [0, 0.1) is 0 Å². The topological polar surface area (TPSA) is 40.5 Å². The normalized spacial score (nSPS) is 14.1. The van der Waals surface area contributed by atoms with Gasteiger partial charge in [0.2, 0.25) is 0 Å². The van der Waals surface area contributed by atoms with E-state index < -0.39 is 12.2 Å². The van der Waals surface area contributed by atoms with Crippen LogP contribution >= 0.6 is 0 Å². The van der Waals surface area contributed by atoms with Crippen LogP contribution < -0.4 is 0 Å². The molecular formula is C18H16O2. The van der Waals surface area contributed by atoms with Crippen LogP contribution in [-0.4, -0.2) is 10.2 Å². The molecule has 0 aliphatic rings. The first-order valence-corrected chi connectivity index (χ1v) is 6.66. The van der Waals surface area contributed by atoms with E-state index in [1.807, 2.05) is 72.8 Å². The summed E-state index contributed by atoms with van der Waals surface area (Å²) in [7, 11) is 0. The van der Waals surface area contributed by atoms with Gasteiger partial charge in [-0.2, -0.15) is 0 Å². The predicted molar refractivity (Wildman–Crippen MR) is 80.3 cm³/mol.